The van der Waals surface area contributed by atoms with Gasteiger partial charge in [-0.1, -0.05) is 36.9 Å². The highest BCUT2D eigenvalue weighted by Crippen LogP contribution is 2.35. The standard InChI is InChI=1S/C31H29F3N6/c1-3-19(17-40-12-11-31(33,34)18-40)13-20(4-2)25-9-10-26-29(37-25)30(39-38-26)27-14-22-23(15-35-16-28(22)36-27)21-7-5-6-8-24(21)32/h3-10,13-15,35-36H,1,11-12,16-18H2,2H3,(H,38,39)/b19-13+,20-4+. The van der Waals surface area contributed by atoms with Crippen molar-refractivity contribution in [1.82, 2.24) is 30.4 Å². The summed E-state index contributed by atoms with van der Waals surface area (Å²) in [5.74, 6) is -2.93. The molecule has 204 valence electrons. The molecule has 5 heterocycles. The first kappa shape index (κ1) is 25.9. The number of aromatic nitrogens is 4. The minimum Gasteiger partial charge on any atom is -0.385 e. The average molecular weight is 543 g/mol. The van der Waals surface area contributed by atoms with Crippen LogP contribution in [0.5, 0.6) is 0 Å². The van der Waals surface area contributed by atoms with Crippen molar-refractivity contribution in [2.24, 2.45) is 0 Å². The number of rotatable bonds is 7. The Labute approximate surface area is 230 Å². The number of likely N-dealkylation sites (tertiary alicyclic amines) is 1. The number of nitrogens with one attached hydrogen (secondary N) is 3. The fourth-order valence-corrected chi connectivity index (χ4v) is 5.36. The minimum absolute atomic E-state index is 0.120. The summed E-state index contributed by atoms with van der Waals surface area (Å²) in [4.78, 5) is 10.1. The summed E-state index contributed by atoms with van der Waals surface area (Å²) in [6.07, 6.45) is 7.32. The van der Waals surface area contributed by atoms with Crippen LogP contribution >= 0.6 is 0 Å². The first-order chi connectivity index (χ1) is 19.3. The molecular formula is C31H29F3N6. The van der Waals surface area contributed by atoms with Crippen LogP contribution in [0.15, 0.2) is 79.0 Å². The van der Waals surface area contributed by atoms with Gasteiger partial charge in [0.15, 0.2) is 0 Å². The van der Waals surface area contributed by atoms with Crippen LogP contribution in [-0.2, 0) is 6.54 Å². The summed E-state index contributed by atoms with van der Waals surface area (Å²) in [6, 6.07) is 12.5. The lowest BCUT2D eigenvalue weighted by molar-refractivity contribution is 0.0131. The maximum absolute atomic E-state index is 14.6. The first-order valence-corrected chi connectivity index (χ1v) is 13.2. The maximum Gasteiger partial charge on any atom is 0.261 e. The van der Waals surface area contributed by atoms with Gasteiger partial charge in [-0.25, -0.2) is 18.2 Å². The Kier molecular flexibility index (Phi) is 6.67. The molecule has 40 heavy (non-hydrogen) atoms. The van der Waals surface area contributed by atoms with Gasteiger partial charge in [-0.2, -0.15) is 5.10 Å². The minimum atomic E-state index is -2.64. The lowest BCUT2D eigenvalue weighted by atomic mass is 9.96. The molecule has 0 spiro atoms. The average Bonchev–Trinajstić information content (AvgIpc) is 3.66. The molecule has 6 rings (SSSR count). The van der Waals surface area contributed by atoms with Gasteiger partial charge in [0.2, 0.25) is 0 Å². The van der Waals surface area contributed by atoms with Crippen LogP contribution in [0, 0.1) is 5.82 Å². The topological polar surface area (TPSA) is 72.6 Å². The number of benzene rings is 1. The van der Waals surface area contributed by atoms with Crippen LogP contribution in [0.1, 0.15) is 35.9 Å². The number of nitrogens with zero attached hydrogens (tertiary/aromatic N) is 3. The van der Waals surface area contributed by atoms with Crippen molar-refractivity contribution in [1.29, 1.82) is 0 Å². The number of aromatic amines is 2. The van der Waals surface area contributed by atoms with Crippen LogP contribution in [0.4, 0.5) is 13.2 Å². The van der Waals surface area contributed by atoms with E-state index < -0.39 is 5.92 Å². The predicted molar refractivity (Wildman–Crippen MR) is 152 cm³/mol. The van der Waals surface area contributed by atoms with E-state index in [1.165, 1.54) is 6.07 Å². The van der Waals surface area contributed by atoms with E-state index in [-0.39, 0.29) is 18.8 Å². The number of alkyl halides is 2. The third kappa shape index (κ3) is 4.88. The molecule has 2 aliphatic heterocycles. The van der Waals surface area contributed by atoms with E-state index in [1.807, 2.05) is 49.5 Å². The number of hydrogen-bond acceptors (Lipinski definition) is 4. The number of fused-ring (bicyclic) bond motifs is 2. The molecule has 2 aliphatic rings. The highest BCUT2D eigenvalue weighted by molar-refractivity contribution is 5.92. The first-order valence-electron chi connectivity index (χ1n) is 13.2. The zero-order valence-electron chi connectivity index (χ0n) is 22.1. The van der Waals surface area contributed by atoms with E-state index in [9.17, 15) is 13.2 Å². The highest BCUT2D eigenvalue weighted by atomic mass is 19.3. The van der Waals surface area contributed by atoms with Crippen LogP contribution in [0.3, 0.4) is 0 Å². The third-order valence-electron chi connectivity index (χ3n) is 7.41. The number of H-pyrrole nitrogens is 2. The Bertz CT molecular complexity index is 1690. The van der Waals surface area contributed by atoms with Crippen LogP contribution < -0.4 is 5.32 Å². The van der Waals surface area contributed by atoms with Crippen molar-refractivity contribution in [3.05, 3.63) is 107 Å². The van der Waals surface area contributed by atoms with Crippen LogP contribution in [0.25, 0.3) is 33.6 Å². The monoisotopic (exact) mass is 542 g/mol. The lowest BCUT2D eigenvalue weighted by Crippen LogP contribution is -2.26. The van der Waals surface area contributed by atoms with E-state index in [0.717, 1.165) is 44.9 Å². The summed E-state index contributed by atoms with van der Waals surface area (Å²) < 4.78 is 42.0. The number of pyridine rings is 1. The van der Waals surface area contributed by atoms with Gasteiger partial charge >= 0.3 is 0 Å². The van der Waals surface area contributed by atoms with Gasteiger partial charge in [0.25, 0.3) is 5.92 Å². The molecule has 1 saturated heterocycles. The third-order valence-corrected chi connectivity index (χ3v) is 7.41. The summed E-state index contributed by atoms with van der Waals surface area (Å²) in [5, 5.41) is 10.8. The number of hydrogen-bond donors (Lipinski definition) is 3. The van der Waals surface area contributed by atoms with Gasteiger partial charge in [0, 0.05) is 48.1 Å². The molecule has 1 fully saturated rings. The van der Waals surface area contributed by atoms with E-state index in [1.54, 1.807) is 23.1 Å². The Hall–Kier alpha value is -4.37. The zero-order valence-corrected chi connectivity index (χ0v) is 22.1. The molecule has 1 aromatic carbocycles. The second kappa shape index (κ2) is 10.3. The van der Waals surface area contributed by atoms with Crippen molar-refractivity contribution in [3.63, 3.8) is 0 Å². The van der Waals surface area contributed by atoms with E-state index in [0.29, 0.717) is 36.4 Å². The van der Waals surface area contributed by atoms with Gasteiger partial charge in [0.1, 0.15) is 17.0 Å². The summed E-state index contributed by atoms with van der Waals surface area (Å²) in [6.45, 7) is 6.91. The molecule has 0 aliphatic carbocycles. The zero-order chi connectivity index (χ0) is 27.9. The van der Waals surface area contributed by atoms with Crippen LogP contribution in [0.2, 0.25) is 0 Å². The van der Waals surface area contributed by atoms with Gasteiger partial charge < -0.3 is 10.3 Å². The lowest BCUT2D eigenvalue weighted by Gasteiger charge is -2.16. The molecular weight excluding hydrogens is 513 g/mol. The number of allylic oxidation sites excluding steroid dienone is 3. The van der Waals surface area contributed by atoms with E-state index in [2.05, 4.69) is 27.1 Å². The molecule has 0 radical (unpaired) electrons. The van der Waals surface area contributed by atoms with Crippen molar-refractivity contribution in [3.8, 4) is 11.4 Å². The summed E-state index contributed by atoms with van der Waals surface area (Å²) in [5.41, 5.74) is 8.45. The normalized spacial score (nSPS) is 17.6. The molecule has 6 nitrogen and oxygen atoms in total. The highest BCUT2D eigenvalue weighted by Gasteiger charge is 2.38. The van der Waals surface area contributed by atoms with Crippen molar-refractivity contribution in [2.45, 2.75) is 25.8 Å². The molecule has 0 unspecified atom stereocenters. The molecule has 0 atom stereocenters. The Balaban J connectivity index is 1.33. The fraction of sp³-hybridized carbons (Fsp3) is 0.226. The molecule has 4 aromatic rings. The second-order valence-electron chi connectivity index (χ2n) is 10.1. The fourth-order valence-electron chi connectivity index (χ4n) is 5.36. The largest absolute Gasteiger partial charge is 0.385 e. The van der Waals surface area contributed by atoms with E-state index in [4.69, 9.17) is 4.98 Å². The van der Waals surface area contributed by atoms with Gasteiger partial charge in [0.05, 0.1) is 30.0 Å². The second-order valence-corrected chi connectivity index (χ2v) is 10.1. The van der Waals surface area contributed by atoms with Gasteiger partial charge in [-0.15, -0.1) is 0 Å². The molecule has 0 saturated carbocycles. The van der Waals surface area contributed by atoms with Crippen molar-refractivity contribution >= 4 is 22.2 Å². The molecule has 3 N–H and O–H groups in total. The predicted octanol–water partition coefficient (Wildman–Crippen LogP) is 6.44. The number of halogens is 3. The summed E-state index contributed by atoms with van der Waals surface area (Å²) >= 11 is 0. The van der Waals surface area contributed by atoms with Crippen LogP contribution in [-0.4, -0.2) is 50.6 Å². The molecule has 9 heteroatoms. The quantitative estimate of drug-likeness (QED) is 0.235. The smallest absolute Gasteiger partial charge is 0.261 e. The Morgan fingerprint density at radius 3 is 2.77 bits per heavy atom. The Morgan fingerprint density at radius 1 is 1.18 bits per heavy atom. The SMILES string of the molecule is C=C/C(=C\C(=C/C)c1ccc2[nH]nc(-c3cc4c([nH]3)CNC=C4c3ccccc3F)c2n1)CN1CCC(F)(F)C1. The summed E-state index contributed by atoms with van der Waals surface area (Å²) in [7, 11) is 0. The molecule has 0 bridgehead atoms. The maximum atomic E-state index is 14.6. The van der Waals surface area contributed by atoms with Gasteiger partial charge in [-0.05, 0) is 48.4 Å². The van der Waals surface area contributed by atoms with Crippen molar-refractivity contribution in [2.75, 3.05) is 19.6 Å². The molecule has 3 aromatic heterocycles. The Morgan fingerprint density at radius 2 is 2.02 bits per heavy atom. The van der Waals surface area contributed by atoms with Crippen molar-refractivity contribution < 1.29 is 13.2 Å². The van der Waals surface area contributed by atoms with Gasteiger partial charge in [-0.3, -0.25) is 10.00 Å². The van der Waals surface area contributed by atoms with E-state index >= 15 is 0 Å². The molecule has 0 amide bonds.